The zero-order valence-corrected chi connectivity index (χ0v) is 16.4. The third-order valence-corrected chi connectivity index (χ3v) is 5.07. The molecule has 0 radical (unpaired) electrons. The van der Waals surface area contributed by atoms with Crippen LogP contribution < -0.4 is 10.6 Å². The molecule has 1 heterocycles. The van der Waals surface area contributed by atoms with Crippen LogP contribution in [0.5, 0.6) is 0 Å². The zero-order valence-electron chi connectivity index (χ0n) is 16.4. The molecule has 1 aliphatic rings. The molecule has 0 saturated heterocycles. The first-order valence-corrected chi connectivity index (χ1v) is 9.42. The highest BCUT2D eigenvalue weighted by atomic mass is 16.2. The molecule has 0 spiro atoms. The summed E-state index contributed by atoms with van der Waals surface area (Å²) in [6.07, 6.45) is 0. The molecule has 0 bridgehead atoms. The van der Waals surface area contributed by atoms with E-state index in [2.05, 4.69) is 11.8 Å². The van der Waals surface area contributed by atoms with Gasteiger partial charge in [-0.3, -0.25) is 14.5 Å². The lowest BCUT2D eigenvalue weighted by molar-refractivity contribution is 0.0615. The molecule has 0 aliphatic carbocycles. The van der Waals surface area contributed by atoms with Crippen LogP contribution in [-0.4, -0.2) is 43.9 Å². The maximum Gasteiger partial charge on any atom is 0.261 e. The third-order valence-electron chi connectivity index (χ3n) is 5.07. The lowest BCUT2D eigenvalue weighted by Gasteiger charge is -2.27. The van der Waals surface area contributed by atoms with E-state index >= 15 is 0 Å². The summed E-state index contributed by atoms with van der Waals surface area (Å²) in [5.74, 6) is 5.78. The van der Waals surface area contributed by atoms with E-state index in [-0.39, 0.29) is 24.9 Å². The van der Waals surface area contributed by atoms with Gasteiger partial charge in [0.15, 0.2) is 0 Å². The van der Waals surface area contributed by atoms with E-state index in [0.717, 1.165) is 22.2 Å². The molecule has 2 N–H and O–H groups in total. The van der Waals surface area contributed by atoms with Crippen LogP contribution in [0.3, 0.4) is 0 Å². The van der Waals surface area contributed by atoms with Crippen molar-refractivity contribution in [2.75, 3.05) is 32.1 Å². The smallest absolute Gasteiger partial charge is 0.261 e. The first-order valence-electron chi connectivity index (χ1n) is 9.42. The average Bonchev–Trinajstić information content (AvgIpc) is 2.74. The first-order chi connectivity index (χ1) is 14.0. The number of carbonyl (C=O) groups excluding carboxylic acids is 2. The number of nitrogens with zero attached hydrogens (tertiary/aromatic N) is 2. The van der Waals surface area contributed by atoms with Gasteiger partial charge in [0, 0.05) is 60.5 Å². The number of hydrogen-bond acceptors (Lipinski definition) is 4. The molecule has 0 aromatic heterocycles. The van der Waals surface area contributed by atoms with Crippen molar-refractivity contribution in [2.24, 2.45) is 5.73 Å². The summed E-state index contributed by atoms with van der Waals surface area (Å²) >= 11 is 0. The van der Waals surface area contributed by atoms with Crippen molar-refractivity contribution >= 4 is 28.3 Å². The van der Waals surface area contributed by atoms with E-state index in [0.29, 0.717) is 16.5 Å². The van der Waals surface area contributed by atoms with Gasteiger partial charge in [0.25, 0.3) is 11.8 Å². The Hall–Kier alpha value is -3.62. The molecule has 144 valence electrons. The van der Waals surface area contributed by atoms with Gasteiger partial charge < -0.3 is 10.6 Å². The van der Waals surface area contributed by atoms with Gasteiger partial charge >= 0.3 is 0 Å². The lowest BCUT2D eigenvalue weighted by Crippen LogP contribution is -2.43. The Balaban J connectivity index is 1.79. The summed E-state index contributed by atoms with van der Waals surface area (Å²) in [4.78, 5) is 28.8. The van der Waals surface area contributed by atoms with E-state index in [1.165, 1.54) is 4.90 Å². The predicted octanol–water partition coefficient (Wildman–Crippen LogP) is 2.86. The summed E-state index contributed by atoms with van der Waals surface area (Å²) in [7, 11) is 3.99. The molecular formula is C24H21N3O2. The van der Waals surface area contributed by atoms with Crippen LogP contribution in [0.1, 0.15) is 31.8 Å². The molecule has 5 heteroatoms. The number of benzene rings is 3. The molecule has 3 aromatic rings. The van der Waals surface area contributed by atoms with Crippen molar-refractivity contribution < 1.29 is 9.59 Å². The van der Waals surface area contributed by atoms with E-state index in [1.54, 1.807) is 12.1 Å². The third kappa shape index (κ3) is 3.24. The molecule has 0 atom stereocenters. The Morgan fingerprint density at radius 3 is 2.24 bits per heavy atom. The largest absolute Gasteiger partial charge is 0.378 e. The molecule has 0 unspecified atom stereocenters. The minimum atomic E-state index is -0.303. The van der Waals surface area contributed by atoms with Gasteiger partial charge in [-0.2, -0.15) is 0 Å². The second-order valence-electron chi connectivity index (χ2n) is 7.13. The summed E-state index contributed by atoms with van der Waals surface area (Å²) in [6.45, 7) is 0.441. The zero-order chi connectivity index (χ0) is 20.5. The number of carbonyl (C=O) groups is 2. The Morgan fingerprint density at radius 1 is 0.897 bits per heavy atom. The lowest BCUT2D eigenvalue weighted by atomic mass is 9.91. The van der Waals surface area contributed by atoms with Crippen LogP contribution in [0, 0.1) is 11.8 Å². The highest BCUT2D eigenvalue weighted by Gasteiger charge is 2.32. The molecule has 29 heavy (non-hydrogen) atoms. The molecule has 1 aliphatic heterocycles. The van der Waals surface area contributed by atoms with Crippen LogP contribution in [0.4, 0.5) is 5.69 Å². The van der Waals surface area contributed by atoms with Gasteiger partial charge in [-0.1, -0.05) is 24.0 Å². The van der Waals surface area contributed by atoms with E-state index < -0.39 is 0 Å². The Bertz CT molecular complexity index is 1160. The summed E-state index contributed by atoms with van der Waals surface area (Å²) < 4.78 is 0. The minimum Gasteiger partial charge on any atom is -0.378 e. The molecule has 4 rings (SSSR count). The second kappa shape index (κ2) is 7.42. The second-order valence-corrected chi connectivity index (χ2v) is 7.13. The standard InChI is InChI=1S/C24H21N3O2/c1-26(2)18-11-7-16(8-12-18)6-9-17-10-13-21-22-19(17)4-3-5-20(22)23(28)27(15-14-25)24(21)29/h3-5,7-8,10-13H,14-15,25H2,1-2H3. The normalized spacial score (nSPS) is 12.7. The van der Waals surface area contributed by atoms with E-state index in [1.807, 2.05) is 61.5 Å². The van der Waals surface area contributed by atoms with Crippen LogP contribution in [0.2, 0.25) is 0 Å². The Kier molecular flexibility index (Phi) is 4.79. The number of nitrogens with two attached hydrogens (primary N) is 1. The highest BCUT2D eigenvalue weighted by molar-refractivity contribution is 6.26. The van der Waals surface area contributed by atoms with Gasteiger partial charge in [0.1, 0.15) is 0 Å². The maximum atomic E-state index is 12.8. The van der Waals surface area contributed by atoms with Gasteiger partial charge in [-0.25, -0.2) is 0 Å². The van der Waals surface area contributed by atoms with Crippen molar-refractivity contribution in [3.8, 4) is 11.8 Å². The maximum absolute atomic E-state index is 12.8. The number of amides is 2. The fourth-order valence-corrected chi connectivity index (χ4v) is 3.57. The fourth-order valence-electron chi connectivity index (χ4n) is 3.57. The Labute approximate surface area is 169 Å². The van der Waals surface area contributed by atoms with Crippen molar-refractivity contribution in [1.82, 2.24) is 4.90 Å². The Morgan fingerprint density at radius 2 is 1.59 bits per heavy atom. The van der Waals surface area contributed by atoms with Crippen molar-refractivity contribution in [2.45, 2.75) is 0 Å². The number of hydrogen-bond donors (Lipinski definition) is 1. The van der Waals surface area contributed by atoms with Crippen molar-refractivity contribution in [1.29, 1.82) is 0 Å². The molecule has 0 fully saturated rings. The fraction of sp³-hybridized carbons (Fsp3) is 0.167. The van der Waals surface area contributed by atoms with E-state index in [4.69, 9.17) is 5.73 Å². The topological polar surface area (TPSA) is 66.6 Å². The average molecular weight is 383 g/mol. The van der Waals surface area contributed by atoms with Crippen LogP contribution in [0.15, 0.2) is 54.6 Å². The van der Waals surface area contributed by atoms with Crippen LogP contribution >= 0.6 is 0 Å². The number of anilines is 1. The summed E-state index contributed by atoms with van der Waals surface area (Å²) in [6, 6.07) is 17.1. The quantitative estimate of drug-likeness (QED) is 0.558. The van der Waals surface area contributed by atoms with E-state index in [9.17, 15) is 9.59 Å². The van der Waals surface area contributed by atoms with Crippen LogP contribution in [0.25, 0.3) is 10.8 Å². The summed E-state index contributed by atoms with van der Waals surface area (Å²) in [5, 5.41) is 1.48. The SMILES string of the molecule is CN(C)c1ccc(C#Cc2ccc3c4c(cccc24)C(=O)N(CCN)C3=O)cc1. The van der Waals surface area contributed by atoms with Gasteiger partial charge in [-0.05, 0) is 47.9 Å². The summed E-state index contributed by atoms with van der Waals surface area (Å²) in [5.41, 5.74) is 9.41. The van der Waals surface area contributed by atoms with Gasteiger partial charge in [0.05, 0.1) is 0 Å². The van der Waals surface area contributed by atoms with Gasteiger partial charge in [0.2, 0.25) is 0 Å². The number of rotatable bonds is 3. The predicted molar refractivity (Wildman–Crippen MR) is 115 cm³/mol. The molecule has 3 aromatic carbocycles. The highest BCUT2D eigenvalue weighted by Crippen LogP contribution is 2.31. The number of imide groups is 1. The molecular weight excluding hydrogens is 362 g/mol. The monoisotopic (exact) mass is 383 g/mol. The molecule has 0 saturated carbocycles. The van der Waals surface area contributed by atoms with Crippen molar-refractivity contribution in [3.63, 3.8) is 0 Å². The van der Waals surface area contributed by atoms with Crippen molar-refractivity contribution in [3.05, 3.63) is 76.9 Å². The molecule has 2 amide bonds. The first kappa shape index (κ1) is 18.7. The van der Waals surface area contributed by atoms with Gasteiger partial charge in [-0.15, -0.1) is 0 Å². The minimum absolute atomic E-state index is 0.206. The molecule has 5 nitrogen and oxygen atoms in total. The van der Waals surface area contributed by atoms with Crippen LogP contribution in [-0.2, 0) is 0 Å².